The van der Waals surface area contributed by atoms with Crippen molar-refractivity contribution >= 4 is 33.1 Å². The Bertz CT molecular complexity index is 442. The van der Waals surface area contributed by atoms with Crippen LogP contribution in [-0.2, 0) is 14.8 Å². The highest BCUT2D eigenvalue weighted by Crippen LogP contribution is 2.14. The van der Waals surface area contributed by atoms with Gasteiger partial charge in [0.25, 0.3) is 0 Å². The third-order valence-corrected chi connectivity index (χ3v) is 4.83. The molecule has 0 radical (unpaired) electrons. The Morgan fingerprint density at radius 1 is 1.32 bits per heavy atom. The van der Waals surface area contributed by atoms with Gasteiger partial charge in [-0.05, 0) is 6.42 Å². The van der Waals surface area contributed by atoms with Crippen LogP contribution in [0.5, 0.6) is 0 Å². The highest BCUT2D eigenvalue weighted by Gasteiger charge is 2.30. The van der Waals surface area contributed by atoms with Crippen molar-refractivity contribution in [1.82, 2.24) is 9.21 Å². The minimum absolute atomic E-state index is 0.0810. The molecule has 1 atom stereocenters. The number of nitrogens with two attached hydrogens (primary N) is 1. The summed E-state index contributed by atoms with van der Waals surface area (Å²) in [5.74, 6) is -0.507. The summed E-state index contributed by atoms with van der Waals surface area (Å²) in [6.45, 7) is 3.44. The molecule has 0 aromatic carbocycles. The molecule has 1 saturated heterocycles. The molecule has 1 aliphatic rings. The molecule has 1 fully saturated rings. The van der Waals surface area contributed by atoms with Crippen LogP contribution in [0.25, 0.3) is 0 Å². The number of hydrogen-bond donors (Lipinski definition) is 1. The monoisotopic (exact) mass is 307 g/mol. The third-order valence-electron chi connectivity index (χ3n) is 3.24. The van der Waals surface area contributed by atoms with E-state index in [1.807, 2.05) is 6.92 Å². The van der Waals surface area contributed by atoms with E-state index in [1.165, 1.54) is 10.6 Å². The Balaban J connectivity index is 2.64. The summed E-state index contributed by atoms with van der Waals surface area (Å²) in [6, 6.07) is 0. The van der Waals surface area contributed by atoms with Gasteiger partial charge >= 0.3 is 0 Å². The molecule has 6 nitrogen and oxygen atoms in total. The molecule has 0 saturated carbocycles. The standard InChI is InChI=1S/C11H21N3O3S2/c1-3-4-9(10(12)18)11(15)13-5-7-14(8-6-13)19(2,16)17/h9H,3-8H2,1-2H3,(H2,12,18). The number of piperazine rings is 1. The zero-order chi connectivity index (χ0) is 14.6. The predicted molar refractivity (Wildman–Crippen MR) is 78.2 cm³/mol. The van der Waals surface area contributed by atoms with Gasteiger partial charge in [0, 0.05) is 26.2 Å². The van der Waals surface area contributed by atoms with E-state index in [4.69, 9.17) is 18.0 Å². The van der Waals surface area contributed by atoms with Gasteiger partial charge in [-0.25, -0.2) is 8.42 Å². The quantitative estimate of drug-likeness (QED) is 0.711. The highest BCUT2D eigenvalue weighted by atomic mass is 32.2. The zero-order valence-corrected chi connectivity index (χ0v) is 13.0. The lowest BCUT2D eigenvalue weighted by Crippen LogP contribution is -2.52. The fourth-order valence-corrected chi connectivity index (χ4v) is 3.18. The first kappa shape index (κ1) is 16.3. The summed E-state index contributed by atoms with van der Waals surface area (Å²) in [6.07, 6.45) is 2.65. The largest absolute Gasteiger partial charge is 0.393 e. The summed E-state index contributed by atoms with van der Waals surface area (Å²) >= 11 is 4.93. The topological polar surface area (TPSA) is 83.7 Å². The normalized spacial score (nSPS) is 19.2. The van der Waals surface area contributed by atoms with Crippen LogP contribution in [0, 0.1) is 5.92 Å². The number of thiocarbonyl (C=S) groups is 1. The van der Waals surface area contributed by atoms with Crippen molar-refractivity contribution in [3.63, 3.8) is 0 Å². The van der Waals surface area contributed by atoms with E-state index in [2.05, 4.69) is 0 Å². The van der Waals surface area contributed by atoms with Gasteiger partial charge in [0.15, 0.2) is 0 Å². The lowest BCUT2D eigenvalue weighted by molar-refractivity contribution is -0.134. The third kappa shape index (κ3) is 4.39. The number of hydrogen-bond acceptors (Lipinski definition) is 4. The molecule has 2 N–H and O–H groups in total. The van der Waals surface area contributed by atoms with Crippen molar-refractivity contribution in [3.8, 4) is 0 Å². The predicted octanol–water partition coefficient (Wildman–Crippen LogP) is -0.207. The van der Waals surface area contributed by atoms with E-state index < -0.39 is 15.9 Å². The number of carbonyl (C=O) groups excluding carboxylic acids is 1. The molecular weight excluding hydrogens is 286 g/mol. The minimum Gasteiger partial charge on any atom is -0.393 e. The molecule has 8 heteroatoms. The Morgan fingerprint density at radius 3 is 2.21 bits per heavy atom. The molecule has 0 bridgehead atoms. The van der Waals surface area contributed by atoms with Gasteiger partial charge in [-0.2, -0.15) is 4.31 Å². The molecule has 1 rings (SSSR count). The number of sulfonamides is 1. The van der Waals surface area contributed by atoms with Crippen molar-refractivity contribution in [2.75, 3.05) is 32.4 Å². The number of amides is 1. The fraction of sp³-hybridized carbons (Fsp3) is 0.818. The molecule has 1 amide bonds. The molecule has 19 heavy (non-hydrogen) atoms. The SMILES string of the molecule is CCCC(C(=O)N1CCN(S(C)(=O)=O)CC1)C(N)=S. The summed E-state index contributed by atoms with van der Waals surface area (Å²) in [7, 11) is -3.18. The maximum Gasteiger partial charge on any atom is 0.232 e. The van der Waals surface area contributed by atoms with E-state index in [1.54, 1.807) is 4.90 Å². The number of carbonyl (C=O) groups is 1. The van der Waals surface area contributed by atoms with Crippen molar-refractivity contribution in [1.29, 1.82) is 0 Å². The Hall–Kier alpha value is -0.730. The lowest BCUT2D eigenvalue weighted by atomic mass is 10.0. The maximum atomic E-state index is 12.3. The average molecular weight is 307 g/mol. The summed E-state index contributed by atoms with van der Waals surface area (Å²) in [4.78, 5) is 14.2. The number of rotatable bonds is 5. The summed E-state index contributed by atoms with van der Waals surface area (Å²) in [5, 5.41) is 0. The van der Waals surface area contributed by atoms with Crippen LogP contribution < -0.4 is 5.73 Å². The van der Waals surface area contributed by atoms with E-state index >= 15 is 0 Å². The zero-order valence-electron chi connectivity index (χ0n) is 11.3. The van der Waals surface area contributed by atoms with Crippen LogP contribution in [0.15, 0.2) is 0 Å². The average Bonchev–Trinajstić information content (AvgIpc) is 2.34. The second-order valence-corrected chi connectivity index (χ2v) is 7.18. The van der Waals surface area contributed by atoms with Crippen molar-refractivity contribution in [3.05, 3.63) is 0 Å². The Morgan fingerprint density at radius 2 is 1.84 bits per heavy atom. The molecule has 1 unspecified atom stereocenters. The van der Waals surface area contributed by atoms with E-state index in [9.17, 15) is 13.2 Å². The molecule has 1 aliphatic heterocycles. The summed E-state index contributed by atoms with van der Waals surface area (Å²) in [5.41, 5.74) is 5.60. The van der Waals surface area contributed by atoms with Crippen molar-refractivity contribution in [2.24, 2.45) is 11.7 Å². The fourth-order valence-electron chi connectivity index (χ4n) is 2.14. The first-order valence-corrected chi connectivity index (χ1v) is 8.56. The molecule has 0 aromatic heterocycles. The Kier molecular flexibility index (Phi) is 5.69. The smallest absolute Gasteiger partial charge is 0.232 e. The summed E-state index contributed by atoms with van der Waals surface area (Å²) < 4.78 is 24.2. The molecule has 0 spiro atoms. The lowest BCUT2D eigenvalue weighted by Gasteiger charge is -2.35. The second-order valence-electron chi connectivity index (χ2n) is 4.73. The maximum absolute atomic E-state index is 12.3. The van der Waals surface area contributed by atoms with Crippen LogP contribution in [0.2, 0.25) is 0 Å². The van der Waals surface area contributed by atoms with Gasteiger partial charge in [0.05, 0.1) is 17.2 Å². The number of nitrogens with zero attached hydrogens (tertiary/aromatic N) is 2. The van der Waals surface area contributed by atoms with Crippen molar-refractivity contribution in [2.45, 2.75) is 19.8 Å². The Labute approximate surface area is 120 Å². The van der Waals surface area contributed by atoms with Crippen LogP contribution in [0.4, 0.5) is 0 Å². The van der Waals surface area contributed by atoms with Crippen LogP contribution in [0.3, 0.4) is 0 Å². The minimum atomic E-state index is -3.18. The van der Waals surface area contributed by atoms with E-state index in [0.717, 1.165) is 6.42 Å². The van der Waals surface area contributed by atoms with Gasteiger partial charge in [-0.3, -0.25) is 4.79 Å². The van der Waals surface area contributed by atoms with E-state index in [-0.39, 0.29) is 10.9 Å². The van der Waals surface area contributed by atoms with Crippen LogP contribution >= 0.6 is 12.2 Å². The first-order valence-electron chi connectivity index (χ1n) is 6.30. The van der Waals surface area contributed by atoms with Crippen molar-refractivity contribution < 1.29 is 13.2 Å². The molecule has 0 aromatic rings. The van der Waals surface area contributed by atoms with E-state index in [0.29, 0.717) is 32.6 Å². The molecular formula is C11H21N3O3S2. The van der Waals surface area contributed by atoms with Gasteiger partial charge in [0.1, 0.15) is 0 Å². The van der Waals surface area contributed by atoms with Crippen LogP contribution in [-0.4, -0.2) is 61.0 Å². The van der Waals surface area contributed by atoms with Crippen LogP contribution in [0.1, 0.15) is 19.8 Å². The van der Waals surface area contributed by atoms with Gasteiger partial charge in [-0.15, -0.1) is 0 Å². The van der Waals surface area contributed by atoms with Gasteiger partial charge < -0.3 is 10.6 Å². The van der Waals surface area contributed by atoms with Gasteiger partial charge in [-0.1, -0.05) is 25.6 Å². The van der Waals surface area contributed by atoms with Gasteiger partial charge in [0.2, 0.25) is 15.9 Å². The second kappa shape index (κ2) is 6.62. The first-order chi connectivity index (χ1) is 8.77. The molecule has 0 aliphatic carbocycles. The highest BCUT2D eigenvalue weighted by molar-refractivity contribution is 7.88. The molecule has 1 heterocycles. The molecule has 110 valence electrons.